The van der Waals surface area contributed by atoms with Gasteiger partial charge in [-0.3, -0.25) is 8.98 Å². The van der Waals surface area contributed by atoms with Gasteiger partial charge >= 0.3 is 5.69 Å². The molecule has 1 aliphatic heterocycles. The molecule has 1 N–H and O–H groups in total. The Morgan fingerprint density at radius 3 is 2.63 bits per heavy atom. The van der Waals surface area contributed by atoms with Crippen LogP contribution < -0.4 is 9.99 Å². The molecule has 0 saturated heterocycles. The number of amides is 1. The summed E-state index contributed by atoms with van der Waals surface area (Å²) in [5.41, 5.74) is -0.644. The Labute approximate surface area is 271 Å². The first-order chi connectivity index (χ1) is 22.0. The maximum absolute atomic E-state index is 16.0. The molecule has 46 heavy (non-hydrogen) atoms. The van der Waals surface area contributed by atoms with E-state index < -0.39 is 45.5 Å². The molecule has 1 amide bonds. The Bertz CT molecular complexity index is 1910. The summed E-state index contributed by atoms with van der Waals surface area (Å²) in [5, 5.41) is 10.2. The van der Waals surface area contributed by atoms with Crippen molar-refractivity contribution >= 4 is 46.2 Å². The summed E-state index contributed by atoms with van der Waals surface area (Å²) >= 11 is -0.755. The van der Waals surface area contributed by atoms with E-state index in [1.807, 2.05) is 6.92 Å². The highest BCUT2D eigenvalue weighted by atomic mass is 32.2. The van der Waals surface area contributed by atoms with Gasteiger partial charge < -0.3 is 14.6 Å². The van der Waals surface area contributed by atoms with E-state index in [0.717, 1.165) is 35.0 Å². The van der Waals surface area contributed by atoms with Crippen LogP contribution in [0.5, 0.6) is 5.75 Å². The molecule has 2 aromatic heterocycles. The highest BCUT2D eigenvalue weighted by Crippen LogP contribution is 2.38. The van der Waals surface area contributed by atoms with Crippen LogP contribution in [0.3, 0.4) is 0 Å². The maximum atomic E-state index is 16.0. The molecule has 0 bridgehead atoms. The minimum atomic E-state index is -1.57. The van der Waals surface area contributed by atoms with Crippen molar-refractivity contribution in [1.82, 2.24) is 19.4 Å². The van der Waals surface area contributed by atoms with Gasteiger partial charge in [0.1, 0.15) is 40.4 Å². The number of pyridine rings is 1. The van der Waals surface area contributed by atoms with Crippen LogP contribution in [0.15, 0.2) is 76.7 Å². The molecule has 0 spiro atoms. The summed E-state index contributed by atoms with van der Waals surface area (Å²) in [5.74, 6) is -2.94. The zero-order valence-electron chi connectivity index (χ0n) is 25.5. The molecule has 240 valence electrons. The Morgan fingerprint density at radius 2 is 1.96 bits per heavy atom. The summed E-state index contributed by atoms with van der Waals surface area (Å²) in [6, 6.07) is 9.72. The van der Waals surface area contributed by atoms with E-state index in [0.29, 0.717) is 22.6 Å². The monoisotopic (exact) mass is 667 g/mol. The molecule has 1 unspecified atom stereocenters. The number of phenols is 1. The maximum Gasteiger partial charge on any atom is 0.356 e. The number of rotatable bonds is 7. The van der Waals surface area contributed by atoms with Gasteiger partial charge in [0.05, 0.1) is 24.1 Å². The van der Waals surface area contributed by atoms with Gasteiger partial charge in [-0.1, -0.05) is 31.7 Å². The molecule has 10 nitrogen and oxygen atoms in total. The molecule has 14 heteroatoms. The average Bonchev–Trinajstić information content (AvgIpc) is 3.02. The summed E-state index contributed by atoms with van der Waals surface area (Å²) in [6.45, 7) is 11.0. The molecule has 0 saturated carbocycles. The van der Waals surface area contributed by atoms with Crippen molar-refractivity contribution in [1.29, 1.82) is 0 Å². The second-order valence-electron chi connectivity index (χ2n) is 10.5. The number of anilines is 1. The topological polar surface area (TPSA) is 124 Å². The summed E-state index contributed by atoms with van der Waals surface area (Å²) in [4.78, 5) is 37.2. The smallest absolute Gasteiger partial charge is 0.356 e. The van der Waals surface area contributed by atoms with Crippen LogP contribution in [0, 0.1) is 11.6 Å². The fourth-order valence-corrected chi connectivity index (χ4v) is 6.87. The lowest BCUT2D eigenvalue weighted by atomic mass is 10.1. The number of aryl methyl sites for hydroxylation is 1. The van der Waals surface area contributed by atoms with Crippen molar-refractivity contribution in [3.05, 3.63) is 94.7 Å². The summed E-state index contributed by atoms with van der Waals surface area (Å²) in [7, 11) is 0. The van der Waals surface area contributed by atoms with E-state index in [2.05, 4.69) is 16.5 Å². The number of fused-ring (bicyclic) bond motifs is 1. The first kappa shape index (κ1) is 33.1. The Balaban J connectivity index is 1.90. The second kappa shape index (κ2) is 13.6. The highest BCUT2D eigenvalue weighted by Gasteiger charge is 2.30. The third kappa shape index (κ3) is 6.12. The highest BCUT2D eigenvalue weighted by molar-refractivity contribution is 7.96. The number of nitrogens with zero attached hydrogens (tertiary/aromatic N) is 5. The van der Waals surface area contributed by atoms with Crippen LogP contribution in [0.1, 0.15) is 33.3 Å². The van der Waals surface area contributed by atoms with Gasteiger partial charge in [-0.15, -0.1) is 0 Å². The number of carbonyl (C=O) groups excluding carboxylic acids is 1. The normalized spacial score (nSPS) is 15.8. The van der Waals surface area contributed by atoms with Crippen molar-refractivity contribution in [2.75, 3.05) is 17.5 Å². The van der Waals surface area contributed by atoms with Crippen LogP contribution in [-0.4, -0.2) is 53.4 Å². The van der Waals surface area contributed by atoms with Gasteiger partial charge in [0.2, 0.25) is 5.91 Å². The number of halogens is 2. The van der Waals surface area contributed by atoms with E-state index in [-0.39, 0.29) is 46.8 Å². The SMILES string of the molecule is C=CC(=O)N1CCOSN(c2nc(=O)n(-c3c(CC)cccc3[S+]([O-])C(C)C)c3nc(-c4c(O)cccc4F)c(F)cc23)/C=C/1C. The predicted octanol–water partition coefficient (Wildman–Crippen LogP) is 5.79. The molecule has 0 radical (unpaired) electrons. The third-order valence-electron chi connectivity index (χ3n) is 7.27. The average molecular weight is 668 g/mol. The molecule has 1 atom stereocenters. The number of benzene rings is 2. The largest absolute Gasteiger partial charge is 0.611 e. The van der Waals surface area contributed by atoms with E-state index >= 15 is 8.78 Å². The zero-order chi connectivity index (χ0) is 33.3. The van der Waals surface area contributed by atoms with Gasteiger partial charge in [-0.25, -0.2) is 27.4 Å². The molecule has 4 aromatic rings. The lowest BCUT2D eigenvalue weighted by Gasteiger charge is -2.28. The molecular weight excluding hydrogens is 637 g/mol. The third-order valence-corrected chi connectivity index (χ3v) is 9.60. The quantitative estimate of drug-likeness (QED) is 0.113. The van der Waals surface area contributed by atoms with E-state index in [1.165, 1.54) is 27.5 Å². The van der Waals surface area contributed by atoms with Crippen molar-refractivity contribution in [2.45, 2.75) is 44.3 Å². The molecular formula is C32H31F2N5O5S2. The lowest BCUT2D eigenvalue weighted by molar-refractivity contribution is -0.124. The van der Waals surface area contributed by atoms with Crippen LogP contribution in [0.25, 0.3) is 28.0 Å². The summed E-state index contributed by atoms with van der Waals surface area (Å²) in [6.07, 6.45) is 3.10. The molecule has 0 aliphatic carbocycles. The zero-order valence-corrected chi connectivity index (χ0v) is 27.1. The van der Waals surface area contributed by atoms with Crippen LogP contribution in [0.2, 0.25) is 0 Å². The number of hydrogen-bond donors (Lipinski definition) is 1. The van der Waals surface area contributed by atoms with E-state index in [9.17, 15) is 19.2 Å². The van der Waals surface area contributed by atoms with Crippen LogP contribution >= 0.6 is 12.2 Å². The van der Waals surface area contributed by atoms with Crippen LogP contribution in [-0.2, 0) is 26.6 Å². The molecule has 1 aliphatic rings. The van der Waals surface area contributed by atoms with Crippen molar-refractivity contribution < 1.29 is 27.4 Å². The van der Waals surface area contributed by atoms with Crippen molar-refractivity contribution in [3.8, 4) is 22.7 Å². The molecule has 2 aromatic carbocycles. The van der Waals surface area contributed by atoms with E-state index in [1.54, 1.807) is 39.0 Å². The van der Waals surface area contributed by atoms with Gasteiger partial charge in [-0.2, -0.15) is 4.98 Å². The standard InChI is InChI=1S/C32H31F2N5O5S2/c1-6-20-10-8-13-25(46(43)18(3)4)29(20)39-31-21(16-23(34)28(35-31)27-22(33)11-9-12-24(27)40)30(36-32(39)42)38-17-19(5)37(26(41)7-2)14-15-44-45-38/h7-13,16-18,40H,2,6,14-15H2,1,3-5H3/b19-17+. The number of aromatic hydroxyl groups is 1. The van der Waals surface area contributed by atoms with E-state index in [4.69, 9.17) is 4.18 Å². The number of carbonyl (C=O) groups is 1. The van der Waals surface area contributed by atoms with Crippen molar-refractivity contribution in [2.24, 2.45) is 0 Å². The fourth-order valence-electron chi connectivity index (χ4n) is 5.07. The van der Waals surface area contributed by atoms with Gasteiger partial charge in [-0.05, 0) is 74.3 Å². The Hall–Kier alpha value is -4.24. The minimum Gasteiger partial charge on any atom is -0.611 e. The number of phenolic OH excluding ortho intramolecular Hbond substituents is 1. The number of allylic oxidation sites excluding steroid dienone is 1. The summed E-state index contributed by atoms with van der Waals surface area (Å²) < 4.78 is 52.8. The van der Waals surface area contributed by atoms with Gasteiger partial charge in [0, 0.05) is 11.9 Å². The second-order valence-corrected chi connectivity index (χ2v) is 13.3. The Morgan fingerprint density at radius 1 is 1.22 bits per heavy atom. The number of para-hydroxylation sites is 1. The number of hydrogen-bond acceptors (Lipinski definition) is 9. The van der Waals surface area contributed by atoms with Gasteiger partial charge in [0.25, 0.3) is 0 Å². The predicted molar refractivity (Wildman–Crippen MR) is 175 cm³/mol. The first-order valence-electron chi connectivity index (χ1n) is 14.3. The van der Waals surface area contributed by atoms with Gasteiger partial charge in [0.15, 0.2) is 22.2 Å². The number of aromatic nitrogens is 3. The van der Waals surface area contributed by atoms with Crippen molar-refractivity contribution in [3.63, 3.8) is 0 Å². The molecule has 5 rings (SSSR count). The van der Waals surface area contributed by atoms with Crippen LogP contribution in [0.4, 0.5) is 14.6 Å². The first-order valence-corrected chi connectivity index (χ1v) is 16.2. The molecule has 3 heterocycles. The minimum absolute atomic E-state index is 0.0196. The molecule has 0 fully saturated rings. The fraction of sp³-hybridized carbons (Fsp3) is 0.250. The Kier molecular flexibility index (Phi) is 9.82. The lowest BCUT2D eigenvalue weighted by Crippen LogP contribution is -2.34.